The molecule has 0 spiro atoms. The molecule has 0 radical (unpaired) electrons. The summed E-state index contributed by atoms with van der Waals surface area (Å²) in [5, 5.41) is 10.0. The normalized spacial score (nSPS) is 27.5. The van der Waals surface area contributed by atoms with Crippen molar-refractivity contribution >= 4 is 17.6 Å². The van der Waals surface area contributed by atoms with E-state index in [1.165, 1.54) is 19.6 Å². The average molecular weight is 550 g/mol. The Hall–Kier alpha value is -3.13. The van der Waals surface area contributed by atoms with Gasteiger partial charge < -0.3 is 25.6 Å². The number of nitrogens with one attached hydrogen (secondary N) is 3. The number of guanidine groups is 1. The lowest BCUT2D eigenvalue weighted by Gasteiger charge is -2.61. The lowest BCUT2D eigenvalue weighted by Crippen LogP contribution is -2.57. The molecule has 3 saturated carbocycles. The van der Waals surface area contributed by atoms with Crippen LogP contribution in [0.5, 0.6) is 5.75 Å². The number of anilines is 1. The fourth-order valence-electron chi connectivity index (χ4n) is 6.87. The average Bonchev–Trinajstić information content (AvgIpc) is 2.94. The van der Waals surface area contributed by atoms with Crippen molar-refractivity contribution in [3.63, 3.8) is 0 Å². The van der Waals surface area contributed by atoms with Gasteiger partial charge >= 0.3 is 0 Å². The maximum Gasteiger partial charge on any atom is 0.251 e. The van der Waals surface area contributed by atoms with Gasteiger partial charge in [0.1, 0.15) is 11.6 Å². The van der Waals surface area contributed by atoms with E-state index < -0.39 is 0 Å². The molecule has 4 fully saturated rings. The highest BCUT2D eigenvalue weighted by atomic mass is 19.1. The van der Waals surface area contributed by atoms with E-state index in [0.717, 1.165) is 49.5 Å². The number of carbonyl (C=O) groups excluding carboxylic acids is 1. The Bertz CT molecular complexity index is 1230. The van der Waals surface area contributed by atoms with Gasteiger partial charge in [-0.15, -0.1) is 0 Å². The first-order valence-corrected chi connectivity index (χ1v) is 14.7. The third kappa shape index (κ3) is 5.97. The number of nitrogens with zero attached hydrogens (tertiary/aromatic N) is 2. The van der Waals surface area contributed by atoms with E-state index in [1.807, 2.05) is 24.3 Å². The summed E-state index contributed by atoms with van der Waals surface area (Å²) in [6, 6.07) is 13.0. The number of piperazine rings is 1. The number of halogens is 1. The zero-order chi connectivity index (χ0) is 28.4. The molecule has 1 heterocycles. The Morgan fingerprint density at radius 2 is 1.95 bits per heavy atom. The van der Waals surface area contributed by atoms with Crippen LogP contribution in [0, 0.1) is 29.0 Å². The van der Waals surface area contributed by atoms with Gasteiger partial charge in [0.25, 0.3) is 5.91 Å². The van der Waals surface area contributed by atoms with Gasteiger partial charge in [-0.05, 0) is 85.3 Å². The van der Waals surface area contributed by atoms with E-state index >= 15 is 0 Å². The third-order valence-electron chi connectivity index (χ3n) is 9.61. The summed E-state index contributed by atoms with van der Waals surface area (Å²) in [5.74, 6) is 2.96. The van der Waals surface area contributed by atoms with Gasteiger partial charge in [0.05, 0.1) is 13.2 Å². The van der Waals surface area contributed by atoms with Crippen LogP contribution in [0.4, 0.5) is 10.1 Å². The summed E-state index contributed by atoms with van der Waals surface area (Å²) in [6.45, 7) is 12.5. The zero-order valence-electron chi connectivity index (χ0n) is 24.5. The number of aliphatic imine (C=N–C) groups is 1. The maximum absolute atomic E-state index is 14.2. The second-order valence-electron chi connectivity index (χ2n) is 12.4. The lowest BCUT2D eigenvalue weighted by molar-refractivity contribution is -0.108. The molecule has 1 amide bonds. The molecule has 3 aliphatic carbocycles. The van der Waals surface area contributed by atoms with Crippen molar-refractivity contribution in [3.05, 3.63) is 59.4 Å². The summed E-state index contributed by atoms with van der Waals surface area (Å²) in [7, 11) is 1.51. The van der Waals surface area contributed by atoms with Crippen LogP contribution in [0.3, 0.4) is 0 Å². The van der Waals surface area contributed by atoms with Crippen LogP contribution in [0.1, 0.15) is 56.5 Å². The molecular formula is C32H44FN5O2. The Morgan fingerprint density at radius 1 is 1.18 bits per heavy atom. The van der Waals surface area contributed by atoms with E-state index in [0.29, 0.717) is 53.3 Å². The summed E-state index contributed by atoms with van der Waals surface area (Å²) >= 11 is 0. The molecule has 2 bridgehead atoms. The van der Waals surface area contributed by atoms with Gasteiger partial charge in [-0.3, -0.25) is 4.79 Å². The largest absolute Gasteiger partial charge is 0.497 e. The summed E-state index contributed by atoms with van der Waals surface area (Å²) in [4.78, 5) is 20.4. The predicted molar refractivity (Wildman–Crippen MR) is 158 cm³/mol. The van der Waals surface area contributed by atoms with Crippen LogP contribution >= 0.6 is 0 Å². The molecular weight excluding hydrogens is 505 g/mol. The minimum Gasteiger partial charge on any atom is -0.497 e. The van der Waals surface area contributed by atoms with Crippen LogP contribution in [-0.2, 0) is 6.42 Å². The van der Waals surface area contributed by atoms with Crippen LogP contribution in [0.2, 0.25) is 0 Å². The molecule has 4 aliphatic rings. The highest BCUT2D eigenvalue weighted by Crippen LogP contribution is 2.61. The second kappa shape index (κ2) is 11.8. The van der Waals surface area contributed by atoms with Crippen molar-refractivity contribution in [1.82, 2.24) is 15.5 Å². The number of fused-ring (bicyclic) bond motifs is 2. The van der Waals surface area contributed by atoms with Crippen molar-refractivity contribution in [2.24, 2.45) is 28.2 Å². The minimum atomic E-state index is -0.330. The molecule has 40 heavy (non-hydrogen) atoms. The SMILES string of the molecule is COc1ccc(CCNC(=O)c2ccc(NC(=N[C@H]3C[C@H]4C[C@@H]([C@@H]3C)C4(C)C)N3CCN[C@@H](C)C3)cc2)c(F)c1. The number of hydrogen-bond acceptors (Lipinski definition) is 4. The fraction of sp³-hybridized carbons (Fsp3) is 0.562. The van der Waals surface area contributed by atoms with Crippen molar-refractivity contribution in [2.45, 2.75) is 59.0 Å². The minimum absolute atomic E-state index is 0.178. The number of methoxy groups -OCH3 is 1. The molecule has 8 heteroatoms. The molecule has 0 aromatic heterocycles. The Kier molecular flexibility index (Phi) is 8.36. The number of rotatable bonds is 7. The number of ether oxygens (including phenoxy) is 1. The topological polar surface area (TPSA) is 78.0 Å². The smallest absolute Gasteiger partial charge is 0.251 e. The Labute approximate surface area is 238 Å². The van der Waals surface area contributed by atoms with Crippen molar-refractivity contribution in [2.75, 3.05) is 38.6 Å². The van der Waals surface area contributed by atoms with Crippen LogP contribution < -0.4 is 20.7 Å². The van der Waals surface area contributed by atoms with Crippen LogP contribution in [0.15, 0.2) is 47.5 Å². The quantitative estimate of drug-likeness (QED) is 0.337. The Morgan fingerprint density at radius 3 is 2.60 bits per heavy atom. The first-order valence-electron chi connectivity index (χ1n) is 14.7. The summed E-state index contributed by atoms with van der Waals surface area (Å²) < 4.78 is 19.2. The standard InChI is InChI=1S/C32H44FN5O2/c1-20-19-38(15-14-34-20)31(37-29-17-24-16-27(21(29)2)32(24,3)4)36-25-9-6-23(7-10-25)30(39)35-13-12-22-8-11-26(40-5)18-28(22)33/h6-11,18,20-21,24,27,29,34H,12-17,19H2,1-5H3,(H,35,39)(H,36,37)/t20-,21-,24+,27-,29-/m0/s1. The van der Waals surface area contributed by atoms with E-state index in [9.17, 15) is 9.18 Å². The van der Waals surface area contributed by atoms with Crippen LogP contribution in [0.25, 0.3) is 0 Å². The van der Waals surface area contributed by atoms with Gasteiger partial charge in [-0.25, -0.2) is 9.38 Å². The maximum atomic E-state index is 14.2. The number of benzene rings is 2. The van der Waals surface area contributed by atoms with E-state index in [2.05, 4.69) is 48.5 Å². The summed E-state index contributed by atoms with van der Waals surface area (Å²) in [6.07, 6.45) is 2.89. The molecule has 6 rings (SSSR count). The molecule has 2 aromatic carbocycles. The van der Waals surface area contributed by atoms with E-state index in [4.69, 9.17) is 9.73 Å². The predicted octanol–water partition coefficient (Wildman–Crippen LogP) is 4.94. The molecule has 0 unspecified atom stereocenters. The monoisotopic (exact) mass is 549 g/mol. The Balaban J connectivity index is 1.22. The molecule has 3 N–H and O–H groups in total. The molecule has 5 atom stereocenters. The zero-order valence-corrected chi connectivity index (χ0v) is 24.5. The van der Waals surface area contributed by atoms with Crippen molar-refractivity contribution < 1.29 is 13.9 Å². The number of hydrogen-bond donors (Lipinski definition) is 3. The van der Waals surface area contributed by atoms with E-state index in [-0.39, 0.29) is 11.7 Å². The van der Waals surface area contributed by atoms with Gasteiger partial charge in [0.15, 0.2) is 5.96 Å². The molecule has 7 nitrogen and oxygen atoms in total. The molecule has 1 saturated heterocycles. The van der Waals surface area contributed by atoms with Crippen LogP contribution in [-0.4, -0.2) is 62.1 Å². The highest BCUT2D eigenvalue weighted by Gasteiger charge is 2.56. The summed E-state index contributed by atoms with van der Waals surface area (Å²) in [5.41, 5.74) is 2.46. The molecule has 216 valence electrons. The molecule has 1 aliphatic heterocycles. The van der Waals surface area contributed by atoms with Gasteiger partial charge in [0, 0.05) is 49.5 Å². The third-order valence-corrected chi connectivity index (χ3v) is 9.61. The van der Waals surface area contributed by atoms with E-state index in [1.54, 1.807) is 12.1 Å². The van der Waals surface area contributed by atoms with Gasteiger partial charge in [-0.2, -0.15) is 0 Å². The lowest BCUT2D eigenvalue weighted by atomic mass is 9.45. The van der Waals surface area contributed by atoms with Crippen molar-refractivity contribution in [1.29, 1.82) is 0 Å². The highest BCUT2D eigenvalue weighted by molar-refractivity contribution is 5.96. The van der Waals surface area contributed by atoms with Crippen molar-refractivity contribution in [3.8, 4) is 5.75 Å². The first-order chi connectivity index (χ1) is 19.2. The van der Waals surface area contributed by atoms with Gasteiger partial charge in [0.2, 0.25) is 0 Å². The number of amides is 1. The molecule has 2 aromatic rings. The van der Waals surface area contributed by atoms with Gasteiger partial charge in [-0.1, -0.05) is 26.8 Å². The fourth-order valence-corrected chi connectivity index (χ4v) is 6.87. The first kappa shape index (κ1) is 28.4. The second-order valence-corrected chi connectivity index (χ2v) is 12.4. The number of carbonyl (C=O) groups is 1.